The van der Waals surface area contributed by atoms with Gasteiger partial charge in [-0.3, -0.25) is 4.79 Å². The minimum atomic E-state index is -0.521. The van der Waals surface area contributed by atoms with Gasteiger partial charge in [0.15, 0.2) is 5.78 Å². The third kappa shape index (κ3) is 1.51. The van der Waals surface area contributed by atoms with E-state index in [1.807, 2.05) is 6.92 Å². The summed E-state index contributed by atoms with van der Waals surface area (Å²) in [7, 11) is 0. The Balaban J connectivity index is 2.40. The van der Waals surface area contributed by atoms with Crippen LogP contribution in [-0.4, -0.2) is 22.0 Å². The maximum absolute atomic E-state index is 11.4. The molecule has 3 nitrogen and oxygen atoms in total. The SMILES string of the molecule is CCc1nc2c(s1)C(=O)CC(O)C2. The van der Waals surface area contributed by atoms with Crippen LogP contribution in [0.15, 0.2) is 0 Å². The fourth-order valence-corrected chi connectivity index (χ4v) is 2.49. The van der Waals surface area contributed by atoms with Gasteiger partial charge in [0, 0.05) is 12.8 Å². The first-order valence-electron chi connectivity index (χ1n) is 4.40. The lowest BCUT2D eigenvalue weighted by Gasteiger charge is -2.13. The van der Waals surface area contributed by atoms with Crippen molar-refractivity contribution in [1.82, 2.24) is 4.98 Å². The number of aliphatic hydroxyl groups excluding tert-OH is 1. The molecule has 1 aliphatic rings. The molecule has 0 spiro atoms. The van der Waals surface area contributed by atoms with Gasteiger partial charge in [0.2, 0.25) is 0 Å². The lowest BCUT2D eigenvalue weighted by atomic mass is 9.99. The molecule has 1 N–H and O–H groups in total. The van der Waals surface area contributed by atoms with Gasteiger partial charge in [0.1, 0.15) is 0 Å². The first kappa shape index (κ1) is 8.84. The van der Waals surface area contributed by atoms with Crippen LogP contribution >= 0.6 is 11.3 Å². The van der Waals surface area contributed by atoms with E-state index in [0.717, 1.165) is 22.0 Å². The second-order valence-electron chi connectivity index (χ2n) is 3.22. The highest BCUT2D eigenvalue weighted by Gasteiger charge is 2.26. The summed E-state index contributed by atoms with van der Waals surface area (Å²) in [5.41, 5.74) is 0.797. The largest absolute Gasteiger partial charge is 0.392 e. The van der Waals surface area contributed by atoms with Gasteiger partial charge >= 0.3 is 0 Å². The number of hydrogen-bond donors (Lipinski definition) is 1. The van der Waals surface area contributed by atoms with Crippen molar-refractivity contribution in [2.75, 3.05) is 0 Å². The first-order chi connectivity index (χ1) is 6.20. The van der Waals surface area contributed by atoms with Crippen molar-refractivity contribution in [2.24, 2.45) is 0 Å². The van der Waals surface area contributed by atoms with E-state index in [4.69, 9.17) is 0 Å². The summed E-state index contributed by atoms with van der Waals surface area (Å²) in [6, 6.07) is 0. The highest BCUT2D eigenvalue weighted by Crippen LogP contribution is 2.26. The number of thiazole rings is 1. The minimum absolute atomic E-state index is 0.0472. The molecular weight excluding hydrogens is 186 g/mol. The monoisotopic (exact) mass is 197 g/mol. The molecular formula is C9H11NO2S. The second kappa shape index (κ2) is 3.20. The third-order valence-electron chi connectivity index (χ3n) is 2.15. The molecule has 0 fully saturated rings. The fourth-order valence-electron chi connectivity index (χ4n) is 1.51. The summed E-state index contributed by atoms with van der Waals surface area (Å²) in [6.07, 6.45) is 1.14. The highest BCUT2D eigenvalue weighted by molar-refractivity contribution is 7.13. The number of fused-ring (bicyclic) bond motifs is 1. The van der Waals surface area contributed by atoms with Crippen LogP contribution in [0.3, 0.4) is 0 Å². The van der Waals surface area contributed by atoms with Gasteiger partial charge in [-0.15, -0.1) is 11.3 Å². The number of carbonyl (C=O) groups excluding carboxylic acids is 1. The highest BCUT2D eigenvalue weighted by atomic mass is 32.1. The summed E-state index contributed by atoms with van der Waals surface area (Å²) in [4.78, 5) is 16.5. The van der Waals surface area contributed by atoms with E-state index in [1.54, 1.807) is 0 Å². The quantitative estimate of drug-likeness (QED) is 0.735. The van der Waals surface area contributed by atoms with Crippen LogP contribution in [0.4, 0.5) is 0 Å². The number of aliphatic hydroxyl groups is 1. The maximum atomic E-state index is 11.4. The number of carbonyl (C=O) groups is 1. The number of aryl methyl sites for hydroxylation is 1. The first-order valence-corrected chi connectivity index (χ1v) is 5.22. The molecule has 0 amide bonds. The van der Waals surface area contributed by atoms with Crippen molar-refractivity contribution >= 4 is 17.1 Å². The Bertz CT molecular complexity index is 345. The summed E-state index contributed by atoms with van der Waals surface area (Å²) in [6.45, 7) is 2.02. The van der Waals surface area contributed by atoms with Crippen molar-refractivity contribution in [3.63, 3.8) is 0 Å². The minimum Gasteiger partial charge on any atom is -0.392 e. The van der Waals surface area contributed by atoms with Crippen LogP contribution in [0.1, 0.15) is 33.7 Å². The van der Waals surface area contributed by atoms with E-state index in [9.17, 15) is 9.90 Å². The van der Waals surface area contributed by atoms with E-state index in [0.29, 0.717) is 6.42 Å². The number of rotatable bonds is 1. The zero-order valence-corrected chi connectivity index (χ0v) is 8.23. The van der Waals surface area contributed by atoms with Crippen molar-refractivity contribution in [3.05, 3.63) is 15.6 Å². The number of ketones is 1. The maximum Gasteiger partial charge on any atom is 0.177 e. The third-order valence-corrected chi connectivity index (χ3v) is 3.43. The Morgan fingerprint density at radius 2 is 2.38 bits per heavy atom. The number of Topliss-reactive ketones (excluding diaryl/α,β-unsaturated/α-hetero) is 1. The van der Waals surface area contributed by atoms with Gasteiger partial charge in [-0.25, -0.2) is 4.98 Å². The Morgan fingerprint density at radius 3 is 3.08 bits per heavy atom. The van der Waals surface area contributed by atoms with Crippen molar-refractivity contribution in [2.45, 2.75) is 32.3 Å². The molecule has 1 heterocycles. The van der Waals surface area contributed by atoms with Crippen LogP contribution in [0, 0.1) is 0 Å². The summed E-state index contributed by atoms with van der Waals surface area (Å²) in [5, 5.41) is 10.3. The molecule has 0 saturated heterocycles. The Hall–Kier alpha value is -0.740. The molecule has 1 atom stereocenters. The van der Waals surface area contributed by atoms with Crippen LogP contribution in [0.5, 0.6) is 0 Å². The van der Waals surface area contributed by atoms with Crippen LogP contribution in [0.2, 0.25) is 0 Å². The molecule has 1 aromatic heterocycles. The standard InChI is InChI=1S/C9H11NO2S/c1-2-8-10-6-3-5(11)4-7(12)9(6)13-8/h5,11H,2-4H2,1H3. The zero-order valence-electron chi connectivity index (χ0n) is 7.41. The average molecular weight is 197 g/mol. The summed E-state index contributed by atoms with van der Waals surface area (Å²) < 4.78 is 0. The predicted molar refractivity (Wildman–Crippen MR) is 50.2 cm³/mol. The molecule has 4 heteroatoms. The smallest absolute Gasteiger partial charge is 0.177 e. The summed E-state index contributed by atoms with van der Waals surface area (Å²) in [5.74, 6) is 0.0472. The molecule has 1 aliphatic carbocycles. The topological polar surface area (TPSA) is 50.2 Å². The van der Waals surface area contributed by atoms with Crippen LogP contribution in [0.25, 0.3) is 0 Å². The van der Waals surface area contributed by atoms with Crippen molar-refractivity contribution in [3.8, 4) is 0 Å². The van der Waals surface area contributed by atoms with Gasteiger partial charge < -0.3 is 5.11 Å². The molecule has 0 aliphatic heterocycles. The average Bonchev–Trinajstić information content (AvgIpc) is 2.47. The molecule has 13 heavy (non-hydrogen) atoms. The van der Waals surface area contributed by atoms with E-state index >= 15 is 0 Å². The normalized spacial score (nSPS) is 21.7. The summed E-state index contributed by atoms with van der Waals surface area (Å²) >= 11 is 1.47. The van der Waals surface area contributed by atoms with Crippen molar-refractivity contribution in [1.29, 1.82) is 0 Å². The number of nitrogens with zero attached hydrogens (tertiary/aromatic N) is 1. The van der Waals surface area contributed by atoms with E-state index in [-0.39, 0.29) is 12.2 Å². The van der Waals surface area contributed by atoms with Gasteiger partial charge in [-0.2, -0.15) is 0 Å². The Morgan fingerprint density at radius 1 is 1.62 bits per heavy atom. The molecule has 70 valence electrons. The number of aromatic nitrogens is 1. The lowest BCUT2D eigenvalue weighted by molar-refractivity contribution is 0.0856. The Labute approximate surface area is 80.4 Å². The lowest BCUT2D eigenvalue weighted by Crippen LogP contribution is -2.22. The molecule has 1 unspecified atom stereocenters. The van der Waals surface area contributed by atoms with Gasteiger partial charge in [-0.1, -0.05) is 6.92 Å². The zero-order chi connectivity index (χ0) is 9.42. The fraction of sp³-hybridized carbons (Fsp3) is 0.556. The number of hydrogen-bond acceptors (Lipinski definition) is 4. The molecule has 0 radical (unpaired) electrons. The van der Waals surface area contributed by atoms with E-state index in [2.05, 4.69) is 4.98 Å². The molecule has 0 bridgehead atoms. The molecule has 0 saturated carbocycles. The van der Waals surface area contributed by atoms with E-state index < -0.39 is 6.10 Å². The molecule has 1 aromatic rings. The van der Waals surface area contributed by atoms with Gasteiger partial charge in [0.05, 0.1) is 21.7 Å². The van der Waals surface area contributed by atoms with Crippen LogP contribution in [-0.2, 0) is 12.8 Å². The van der Waals surface area contributed by atoms with Gasteiger partial charge in [-0.05, 0) is 6.42 Å². The molecule has 0 aromatic carbocycles. The van der Waals surface area contributed by atoms with Crippen LogP contribution < -0.4 is 0 Å². The van der Waals surface area contributed by atoms with Crippen molar-refractivity contribution < 1.29 is 9.90 Å². The Kier molecular flexibility index (Phi) is 2.17. The molecule has 2 rings (SSSR count). The van der Waals surface area contributed by atoms with Gasteiger partial charge in [0.25, 0.3) is 0 Å². The van der Waals surface area contributed by atoms with E-state index in [1.165, 1.54) is 11.3 Å². The second-order valence-corrected chi connectivity index (χ2v) is 4.31. The predicted octanol–water partition coefficient (Wildman–Crippen LogP) is 1.20.